The quantitative estimate of drug-likeness (QED) is 0.677. The standard InChI is InChI=1S/C7H9Cl2N/c1-4(2)6-3-5(8)7(9)10-6/h3-4,10H,1-2H3. The summed E-state index contributed by atoms with van der Waals surface area (Å²) in [7, 11) is 0. The average Bonchev–Trinajstić information content (AvgIpc) is 2.13. The maximum atomic E-state index is 5.71. The highest BCUT2D eigenvalue weighted by molar-refractivity contribution is 6.41. The first kappa shape index (κ1) is 7.96. The minimum atomic E-state index is 0.449. The molecule has 0 aromatic carbocycles. The Labute approximate surface area is 70.3 Å². The predicted molar refractivity (Wildman–Crippen MR) is 44.9 cm³/mol. The second-order valence-corrected chi connectivity index (χ2v) is 3.33. The lowest BCUT2D eigenvalue weighted by Gasteiger charge is -1.97. The van der Waals surface area contributed by atoms with Gasteiger partial charge in [0.1, 0.15) is 5.15 Å². The van der Waals surface area contributed by atoms with Gasteiger partial charge in [-0.2, -0.15) is 0 Å². The number of nitrogens with one attached hydrogen (secondary N) is 1. The Morgan fingerprint density at radius 2 is 2.00 bits per heavy atom. The third kappa shape index (κ3) is 1.47. The molecule has 0 aliphatic carbocycles. The van der Waals surface area contributed by atoms with Crippen LogP contribution in [0.5, 0.6) is 0 Å². The van der Waals surface area contributed by atoms with E-state index < -0.39 is 0 Å². The number of hydrogen-bond acceptors (Lipinski definition) is 0. The van der Waals surface area contributed by atoms with E-state index in [4.69, 9.17) is 23.2 Å². The maximum absolute atomic E-state index is 5.71. The van der Waals surface area contributed by atoms with Crippen LogP contribution < -0.4 is 0 Å². The molecule has 1 N–H and O–H groups in total. The summed E-state index contributed by atoms with van der Waals surface area (Å²) in [5.74, 6) is 0.449. The van der Waals surface area contributed by atoms with Gasteiger partial charge in [0.25, 0.3) is 0 Å². The zero-order chi connectivity index (χ0) is 7.72. The summed E-state index contributed by atoms with van der Waals surface area (Å²) in [6, 6.07) is 1.86. The van der Waals surface area contributed by atoms with E-state index >= 15 is 0 Å². The van der Waals surface area contributed by atoms with Crippen molar-refractivity contribution in [2.45, 2.75) is 19.8 Å². The molecule has 0 fully saturated rings. The van der Waals surface area contributed by atoms with Crippen molar-refractivity contribution >= 4 is 23.2 Å². The number of aromatic nitrogens is 1. The van der Waals surface area contributed by atoms with Crippen molar-refractivity contribution in [2.75, 3.05) is 0 Å². The fraction of sp³-hybridized carbons (Fsp3) is 0.429. The van der Waals surface area contributed by atoms with E-state index in [0.29, 0.717) is 16.1 Å². The van der Waals surface area contributed by atoms with Gasteiger partial charge in [0.05, 0.1) is 5.02 Å². The van der Waals surface area contributed by atoms with Gasteiger partial charge >= 0.3 is 0 Å². The molecule has 0 aliphatic rings. The van der Waals surface area contributed by atoms with Crippen LogP contribution >= 0.6 is 23.2 Å². The Balaban J connectivity index is 2.98. The summed E-state index contributed by atoms with van der Waals surface area (Å²) in [5.41, 5.74) is 1.08. The molecule has 1 aromatic rings. The number of rotatable bonds is 1. The molecule has 0 aliphatic heterocycles. The minimum absolute atomic E-state index is 0.449. The Morgan fingerprint density at radius 3 is 2.20 bits per heavy atom. The van der Waals surface area contributed by atoms with Crippen LogP contribution in [0.25, 0.3) is 0 Å². The van der Waals surface area contributed by atoms with Crippen molar-refractivity contribution in [2.24, 2.45) is 0 Å². The third-order valence-corrected chi connectivity index (χ3v) is 2.06. The van der Waals surface area contributed by atoms with Gasteiger partial charge in [-0.15, -0.1) is 0 Å². The van der Waals surface area contributed by atoms with Gasteiger partial charge in [-0.3, -0.25) is 0 Å². The van der Waals surface area contributed by atoms with Gasteiger partial charge in [0.2, 0.25) is 0 Å². The van der Waals surface area contributed by atoms with Crippen LogP contribution in [0.4, 0.5) is 0 Å². The molecule has 0 saturated heterocycles. The third-order valence-electron chi connectivity index (χ3n) is 1.37. The van der Waals surface area contributed by atoms with E-state index in [1.807, 2.05) is 6.07 Å². The molecule has 1 heterocycles. The summed E-state index contributed by atoms with van der Waals surface area (Å²) in [5, 5.41) is 1.13. The van der Waals surface area contributed by atoms with Crippen LogP contribution in [0.15, 0.2) is 6.07 Å². The summed E-state index contributed by atoms with van der Waals surface area (Å²) in [6.45, 7) is 4.16. The predicted octanol–water partition coefficient (Wildman–Crippen LogP) is 3.44. The smallest absolute Gasteiger partial charge is 0.125 e. The van der Waals surface area contributed by atoms with Crippen molar-refractivity contribution in [3.63, 3.8) is 0 Å². The lowest BCUT2D eigenvalue weighted by Crippen LogP contribution is -1.84. The zero-order valence-electron chi connectivity index (χ0n) is 5.91. The first-order chi connectivity index (χ1) is 4.61. The maximum Gasteiger partial charge on any atom is 0.125 e. The molecule has 1 aromatic heterocycles. The number of halogens is 2. The largest absolute Gasteiger partial charge is 0.348 e. The molecule has 0 amide bonds. The van der Waals surface area contributed by atoms with Gasteiger partial charge in [-0.25, -0.2) is 0 Å². The monoisotopic (exact) mass is 177 g/mol. The van der Waals surface area contributed by atoms with E-state index in [9.17, 15) is 0 Å². The fourth-order valence-corrected chi connectivity index (χ4v) is 1.06. The molecule has 0 spiro atoms. The van der Waals surface area contributed by atoms with E-state index in [2.05, 4.69) is 18.8 Å². The molecular formula is C7H9Cl2N. The summed E-state index contributed by atoms with van der Waals surface area (Å²) < 4.78 is 0. The summed E-state index contributed by atoms with van der Waals surface area (Å²) in [6.07, 6.45) is 0. The molecule has 0 bridgehead atoms. The molecular weight excluding hydrogens is 169 g/mol. The van der Waals surface area contributed by atoms with Crippen molar-refractivity contribution in [3.05, 3.63) is 21.9 Å². The average molecular weight is 178 g/mol. The molecule has 0 atom stereocenters. The van der Waals surface area contributed by atoms with Crippen LogP contribution in [-0.4, -0.2) is 4.98 Å². The van der Waals surface area contributed by atoms with Crippen molar-refractivity contribution in [1.82, 2.24) is 4.98 Å². The Morgan fingerprint density at radius 1 is 1.40 bits per heavy atom. The fourth-order valence-electron chi connectivity index (χ4n) is 0.733. The number of H-pyrrole nitrogens is 1. The second kappa shape index (κ2) is 2.85. The molecule has 1 nitrogen and oxygen atoms in total. The second-order valence-electron chi connectivity index (χ2n) is 2.54. The topological polar surface area (TPSA) is 15.8 Å². The molecule has 0 saturated carbocycles. The summed E-state index contributed by atoms with van der Waals surface area (Å²) in [4.78, 5) is 2.98. The lowest BCUT2D eigenvalue weighted by molar-refractivity contribution is 0.833. The van der Waals surface area contributed by atoms with E-state index in [1.165, 1.54) is 0 Å². The Hall–Kier alpha value is -0.140. The van der Waals surface area contributed by atoms with Gasteiger partial charge in [-0.05, 0) is 12.0 Å². The van der Waals surface area contributed by atoms with Gasteiger partial charge in [0.15, 0.2) is 0 Å². The van der Waals surface area contributed by atoms with Gasteiger partial charge in [0, 0.05) is 5.69 Å². The molecule has 3 heteroatoms. The summed E-state index contributed by atoms with van der Waals surface area (Å²) >= 11 is 11.4. The molecule has 1 rings (SSSR count). The normalized spacial score (nSPS) is 10.9. The van der Waals surface area contributed by atoms with E-state index in [-0.39, 0.29) is 0 Å². The molecule has 0 radical (unpaired) electrons. The van der Waals surface area contributed by atoms with E-state index in [1.54, 1.807) is 0 Å². The van der Waals surface area contributed by atoms with Crippen LogP contribution in [-0.2, 0) is 0 Å². The van der Waals surface area contributed by atoms with Crippen LogP contribution in [0.3, 0.4) is 0 Å². The van der Waals surface area contributed by atoms with Crippen molar-refractivity contribution < 1.29 is 0 Å². The SMILES string of the molecule is CC(C)c1cc(Cl)c(Cl)[nH]1. The van der Waals surface area contributed by atoms with Crippen LogP contribution in [0.1, 0.15) is 25.5 Å². The minimum Gasteiger partial charge on any atom is -0.348 e. The van der Waals surface area contributed by atoms with Gasteiger partial charge < -0.3 is 4.98 Å². The Bertz CT molecular complexity index is 208. The first-order valence-electron chi connectivity index (χ1n) is 3.15. The molecule has 10 heavy (non-hydrogen) atoms. The zero-order valence-corrected chi connectivity index (χ0v) is 7.42. The molecule has 56 valence electrons. The van der Waals surface area contributed by atoms with Crippen LogP contribution in [0.2, 0.25) is 10.2 Å². The van der Waals surface area contributed by atoms with Gasteiger partial charge in [-0.1, -0.05) is 37.0 Å². The highest BCUT2D eigenvalue weighted by atomic mass is 35.5. The van der Waals surface area contributed by atoms with E-state index in [0.717, 1.165) is 5.69 Å². The first-order valence-corrected chi connectivity index (χ1v) is 3.90. The Kier molecular flexibility index (Phi) is 2.27. The van der Waals surface area contributed by atoms with Crippen molar-refractivity contribution in [3.8, 4) is 0 Å². The molecule has 0 unspecified atom stereocenters. The van der Waals surface area contributed by atoms with Crippen LogP contribution in [0, 0.1) is 0 Å². The highest BCUT2D eigenvalue weighted by Crippen LogP contribution is 2.25. The highest BCUT2D eigenvalue weighted by Gasteiger charge is 2.05. The number of aromatic amines is 1. The number of hydrogen-bond donors (Lipinski definition) is 1. The van der Waals surface area contributed by atoms with Crippen molar-refractivity contribution in [1.29, 1.82) is 0 Å². The lowest BCUT2D eigenvalue weighted by atomic mass is 10.1.